The molecule has 1 fully saturated rings. The summed E-state index contributed by atoms with van der Waals surface area (Å²) in [6.07, 6.45) is 11.9. The van der Waals surface area contributed by atoms with Crippen LogP contribution in [0.4, 0.5) is 0 Å². The van der Waals surface area contributed by atoms with Crippen LogP contribution in [-0.4, -0.2) is 0 Å². The van der Waals surface area contributed by atoms with Gasteiger partial charge in [0.15, 0.2) is 0 Å². The van der Waals surface area contributed by atoms with Crippen molar-refractivity contribution in [1.29, 1.82) is 0 Å². The second-order valence-electron chi connectivity index (χ2n) is 4.55. The lowest BCUT2D eigenvalue weighted by molar-refractivity contribution is 0.221. The second-order valence-corrected chi connectivity index (χ2v) is 4.55. The van der Waals surface area contributed by atoms with E-state index in [2.05, 4.69) is 19.1 Å². The summed E-state index contributed by atoms with van der Waals surface area (Å²) in [5, 5.41) is 0. The lowest BCUT2D eigenvalue weighted by Gasteiger charge is -2.27. The molecule has 2 aliphatic carbocycles. The molecule has 0 radical (unpaired) electrons. The molecule has 2 aliphatic rings. The zero-order valence-corrected chi connectivity index (χ0v) is 8.78. The predicted molar refractivity (Wildman–Crippen MR) is 57.1 cm³/mol. The molecule has 0 aliphatic heterocycles. The number of hydrogen-bond donors (Lipinski definition) is 1. The molecule has 1 saturated carbocycles. The maximum Gasteiger partial charge on any atom is 0.142 e. The van der Waals surface area contributed by atoms with Gasteiger partial charge in [0, 0.05) is 0 Å². The molecule has 0 saturated heterocycles. The van der Waals surface area contributed by atoms with Crippen molar-refractivity contribution < 1.29 is 4.84 Å². The minimum Gasteiger partial charge on any atom is -0.412 e. The van der Waals surface area contributed by atoms with E-state index in [1.807, 2.05) is 6.08 Å². The van der Waals surface area contributed by atoms with Crippen molar-refractivity contribution in [3.05, 3.63) is 24.0 Å². The van der Waals surface area contributed by atoms with Gasteiger partial charge in [-0.3, -0.25) is 0 Å². The number of hydrogen-bond acceptors (Lipinski definition) is 2. The fourth-order valence-corrected chi connectivity index (χ4v) is 2.73. The summed E-state index contributed by atoms with van der Waals surface area (Å²) in [6.45, 7) is 2.36. The third-order valence-corrected chi connectivity index (χ3v) is 3.60. The quantitative estimate of drug-likeness (QED) is 0.650. The maximum atomic E-state index is 5.18. The van der Waals surface area contributed by atoms with Crippen LogP contribution in [0, 0.1) is 17.8 Å². The third-order valence-electron chi connectivity index (χ3n) is 3.60. The molecular weight excluding hydrogens is 174 g/mol. The number of fused-ring (bicyclic) bond motifs is 1. The number of allylic oxidation sites excluding steroid dienone is 3. The van der Waals surface area contributed by atoms with E-state index < -0.39 is 0 Å². The first kappa shape index (κ1) is 9.78. The normalized spacial score (nSPS) is 37.0. The zero-order chi connectivity index (χ0) is 9.97. The van der Waals surface area contributed by atoms with E-state index in [9.17, 15) is 0 Å². The highest BCUT2D eigenvalue weighted by Crippen LogP contribution is 2.37. The van der Waals surface area contributed by atoms with Crippen molar-refractivity contribution in [2.45, 2.75) is 32.6 Å². The van der Waals surface area contributed by atoms with Crippen LogP contribution in [0.5, 0.6) is 0 Å². The van der Waals surface area contributed by atoms with E-state index in [1.54, 1.807) is 0 Å². The summed E-state index contributed by atoms with van der Waals surface area (Å²) in [7, 11) is 0. The molecule has 3 unspecified atom stereocenters. The van der Waals surface area contributed by atoms with Gasteiger partial charge in [0.1, 0.15) is 5.76 Å². The largest absolute Gasteiger partial charge is 0.412 e. The predicted octanol–water partition coefficient (Wildman–Crippen LogP) is 2.77. The molecule has 0 aromatic rings. The van der Waals surface area contributed by atoms with Gasteiger partial charge in [0.2, 0.25) is 0 Å². The minimum atomic E-state index is 0.649. The molecular formula is C12H19NO. The maximum absolute atomic E-state index is 5.18. The second kappa shape index (κ2) is 4.18. The van der Waals surface area contributed by atoms with Gasteiger partial charge in [-0.1, -0.05) is 32.3 Å². The fourth-order valence-electron chi connectivity index (χ4n) is 2.73. The Balaban J connectivity index is 2.15. The average Bonchev–Trinajstić information content (AvgIpc) is 2.40. The van der Waals surface area contributed by atoms with E-state index in [1.165, 1.54) is 25.7 Å². The van der Waals surface area contributed by atoms with Gasteiger partial charge in [-0.2, -0.15) is 5.90 Å². The average molecular weight is 193 g/mol. The standard InChI is InChI=1S/C12H19NO/c1-9-4-2-3-5-10-8-11(14-13)6-7-12(9)10/h6-10,12H,2-5,13H2,1H3. The molecule has 0 spiro atoms. The first-order valence-corrected chi connectivity index (χ1v) is 5.58. The highest BCUT2D eigenvalue weighted by molar-refractivity contribution is 5.21. The van der Waals surface area contributed by atoms with E-state index in [4.69, 9.17) is 10.7 Å². The zero-order valence-electron chi connectivity index (χ0n) is 8.78. The molecule has 0 aromatic carbocycles. The lowest BCUT2D eigenvalue weighted by Crippen LogP contribution is -2.20. The smallest absolute Gasteiger partial charge is 0.142 e. The van der Waals surface area contributed by atoms with Gasteiger partial charge in [-0.15, -0.1) is 0 Å². The Morgan fingerprint density at radius 3 is 2.93 bits per heavy atom. The molecule has 2 rings (SSSR count). The minimum absolute atomic E-state index is 0.649. The van der Waals surface area contributed by atoms with Crippen molar-refractivity contribution in [3.8, 4) is 0 Å². The van der Waals surface area contributed by atoms with Crippen molar-refractivity contribution in [1.82, 2.24) is 0 Å². The van der Waals surface area contributed by atoms with Gasteiger partial charge < -0.3 is 4.84 Å². The van der Waals surface area contributed by atoms with E-state index in [0.717, 1.165) is 11.7 Å². The number of nitrogens with two attached hydrogens (primary N) is 1. The molecule has 2 N–H and O–H groups in total. The van der Waals surface area contributed by atoms with Gasteiger partial charge in [-0.25, -0.2) is 0 Å². The van der Waals surface area contributed by atoms with Crippen molar-refractivity contribution in [2.24, 2.45) is 23.7 Å². The van der Waals surface area contributed by atoms with Crippen LogP contribution in [0.25, 0.3) is 0 Å². The summed E-state index contributed by atoms with van der Waals surface area (Å²) >= 11 is 0. The molecule has 3 atom stereocenters. The molecule has 0 amide bonds. The topological polar surface area (TPSA) is 35.2 Å². The monoisotopic (exact) mass is 193 g/mol. The Bertz CT molecular complexity index is 257. The Labute approximate surface area is 85.8 Å². The van der Waals surface area contributed by atoms with Crippen molar-refractivity contribution in [3.63, 3.8) is 0 Å². The Morgan fingerprint density at radius 1 is 1.36 bits per heavy atom. The van der Waals surface area contributed by atoms with Crippen LogP contribution in [0.3, 0.4) is 0 Å². The molecule has 0 bridgehead atoms. The van der Waals surface area contributed by atoms with Crippen LogP contribution in [0.2, 0.25) is 0 Å². The van der Waals surface area contributed by atoms with Crippen LogP contribution in [0.1, 0.15) is 32.6 Å². The third kappa shape index (κ3) is 1.85. The van der Waals surface area contributed by atoms with Crippen LogP contribution in [0.15, 0.2) is 24.0 Å². The van der Waals surface area contributed by atoms with E-state index in [0.29, 0.717) is 11.8 Å². The molecule has 14 heavy (non-hydrogen) atoms. The summed E-state index contributed by atoms with van der Waals surface area (Å²) in [5.74, 6) is 8.17. The van der Waals surface area contributed by atoms with Gasteiger partial charge in [-0.05, 0) is 36.3 Å². The van der Waals surface area contributed by atoms with Crippen molar-refractivity contribution >= 4 is 0 Å². The van der Waals surface area contributed by atoms with Gasteiger partial charge >= 0.3 is 0 Å². The van der Waals surface area contributed by atoms with Gasteiger partial charge in [0.05, 0.1) is 0 Å². The highest BCUT2D eigenvalue weighted by Gasteiger charge is 2.28. The number of rotatable bonds is 1. The summed E-state index contributed by atoms with van der Waals surface area (Å²) in [5.41, 5.74) is 0. The molecule has 2 heteroatoms. The Morgan fingerprint density at radius 2 is 2.14 bits per heavy atom. The lowest BCUT2D eigenvalue weighted by atomic mass is 9.79. The fraction of sp³-hybridized carbons (Fsp3) is 0.667. The van der Waals surface area contributed by atoms with Crippen molar-refractivity contribution in [2.75, 3.05) is 0 Å². The molecule has 78 valence electrons. The van der Waals surface area contributed by atoms with Crippen LogP contribution < -0.4 is 5.90 Å². The highest BCUT2D eigenvalue weighted by atomic mass is 16.6. The molecule has 2 nitrogen and oxygen atoms in total. The van der Waals surface area contributed by atoms with E-state index in [-0.39, 0.29) is 0 Å². The first-order valence-electron chi connectivity index (χ1n) is 5.58. The summed E-state index contributed by atoms with van der Waals surface area (Å²) in [4.78, 5) is 4.79. The van der Waals surface area contributed by atoms with E-state index >= 15 is 0 Å². The Kier molecular flexibility index (Phi) is 2.92. The SMILES string of the molecule is CC1CCCCC2C=C(ON)C=CC12. The van der Waals surface area contributed by atoms with Crippen LogP contribution in [-0.2, 0) is 4.84 Å². The molecule has 0 aromatic heterocycles. The van der Waals surface area contributed by atoms with Gasteiger partial charge in [0.25, 0.3) is 0 Å². The first-order chi connectivity index (χ1) is 6.81. The summed E-state index contributed by atoms with van der Waals surface area (Å²) in [6, 6.07) is 0. The summed E-state index contributed by atoms with van der Waals surface area (Å²) < 4.78 is 0. The molecule has 0 heterocycles. The Hall–Kier alpha value is -0.760. The van der Waals surface area contributed by atoms with Crippen LogP contribution >= 0.6 is 0 Å².